The zero-order valence-electron chi connectivity index (χ0n) is 21.2. The van der Waals surface area contributed by atoms with Gasteiger partial charge in [0.25, 0.3) is 0 Å². The molecule has 3 aliphatic rings. The Kier molecular flexibility index (Phi) is 28.0. The quantitative estimate of drug-likeness (QED) is 0.354. The normalized spacial score (nSPS) is 23.2. The van der Waals surface area contributed by atoms with E-state index in [4.69, 9.17) is 0 Å². The van der Waals surface area contributed by atoms with Gasteiger partial charge < -0.3 is 0 Å². The molecule has 0 aromatic carbocycles. The van der Waals surface area contributed by atoms with E-state index in [1.165, 1.54) is 193 Å². The van der Waals surface area contributed by atoms with Gasteiger partial charge in [0, 0.05) is 0 Å². The van der Waals surface area contributed by atoms with Crippen LogP contribution in [0.2, 0.25) is 0 Å². The van der Waals surface area contributed by atoms with Crippen LogP contribution in [0.3, 0.4) is 0 Å². The molecule has 3 saturated carbocycles. The average Bonchev–Trinajstić information content (AvgIpc) is 2.81. The van der Waals surface area contributed by atoms with Crippen LogP contribution in [0.1, 0.15) is 200 Å². The van der Waals surface area contributed by atoms with Crippen LogP contribution in [0.4, 0.5) is 0 Å². The first-order valence-corrected chi connectivity index (χ1v) is 15.0. The summed E-state index contributed by atoms with van der Waals surface area (Å²) in [4.78, 5) is 0. The smallest absolute Gasteiger partial charge is 0.0533 e. The zero-order chi connectivity index (χ0) is 21.2. The van der Waals surface area contributed by atoms with E-state index < -0.39 is 0 Å². The molecular formula is C31H64. The third-order valence-corrected chi connectivity index (χ3v) is 7.50. The zero-order valence-corrected chi connectivity index (χ0v) is 21.2. The summed E-state index contributed by atoms with van der Waals surface area (Å²) >= 11 is 0. The Balaban J connectivity index is 0.000000429. The van der Waals surface area contributed by atoms with Crippen molar-refractivity contribution in [3.05, 3.63) is 0 Å². The molecule has 0 spiro atoms. The van der Waals surface area contributed by atoms with E-state index in [1.54, 1.807) is 0 Å². The molecule has 0 aromatic rings. The molecule has 0 heteroatoms. The third kappa shape index (κ3) is 26.1. The molecule has 188 valence electrons. The third-order valence-electron chi connectivity index (χ3n) is 7.50. The van der Waals surface area contributed by atoms with E-state index in [0.717, 1.165) is 0 Å². The fourth-order valence-electron chi connectivity index (χ4n) is 5.30. The molecule has 0 heterocycles. The van der Waals surface area contributed by atoms with Crippen molar-refractivity contribution in [3.8, 4) is 0 Å². The van der Waals surface area contributed by atoms with Crippen LogP contribution >= 0.6 is 0 Å². The molecule has 3 fully saturated rings. The van der Waals surface area contributed by atoms with E-state index in [0.29, 0.717) is 0 Å². The highest BCUT2D eigenvalue weighted by atomic mass is 14.0. The summed E-state index contributed by atoms with van der Waals surface area (Å²) in [5, 5.41) is 0. The predicted molar refractivity (Wildman–Crippen MR) is 145 cm³/mol. The van der Waals surface area contributed by atoms with Crippen LogP contribution in [0.25, 0.3) is 0 Å². The molecule has 0 aliphatic heterocycles. The van der Waals surface area contributed by atoms with Crippen molar-refractivity contribution in [2.24, 2.45) is 0 Å². The van der Waals surface area contributed by atoms with Gasteiger partial charge in [-0.3, -0.25) is 0 Å². The maximum atomic E-state index is 1.50. The van der Waals surface area contributed by atoms with E-state index in [2.05, 4.69) is 0 Å². The molecule has 3 aliphatic carbocycles. The monoisotopic (exact) mass is 437 g/mol. The second-order valence-corrected chi connectivity index (χ2v) is 10.6. The fourth-order valence-corrected chi connectivity index (χ4v) is 5.30. The van der Waals surface area contributed by atoms with Crippen LogP contribution in [0.15, 0.2) is 0 Å². The lowest BCUT2D eigenvalue weighted by atomic mass is 10.0. The van der Waals surface area contributed by atoms with Gasteiger partial charge in [-0.05, 0) is 0 Å². The predicted octanol–water partition coefficient (Wildman–Crippen LogP) is 12.3. The Labute approximate surface area is 200 Å². The number of hydrogen-bond donors (Lipinski definition) is 0. The van der Waals surface area contributed by atoms with E-state index >= 15 is 0 Å². The second kappa shape index (κ2) is 28.0. The van der Waals surface area contributed by atoms with Gasteiger partial charge in [0.05, 0.1) is 0 Å². The van der Waals surface area contributed by atoms with Gasteiger partial charge in [-0.25, -0.2) is 0 Å². The van der Waals surface area contributed by atoms with Crippen LogP contribution < -0.4 is 0 Å². The van der Waals surface area contributed by atoms with Gasteiger partial charge >= 0.3 is 0 Å². The SMILES string of the molecule is C.C1CCCCCCCCC1.C1CCCCCCCCC1.C1CCCCCCCCC1. The Morgan fingerprint density at radius 1 is 0.0968 bits per heavy atom. The first-order valence-electron chi connectivity index (χ1n) is 15.0. The first kappa shape index (κ1) is 31.0. The molecule has 0 aromatic heterocycles. The van der Waals surface area contributed by atoms with Gasteiger partial charge in [0.2, 0.25) is 0 Å². The highest BCUT2D eigenvalue weighted by Gasteiger charge is 1.97. The molecule has 0 bridgehead atoms. The standard InChI is InChI=1S/3C10H20.CH4/c3*1-2-4-6-8-10-9-7-5-3-1;/h3*1-10H2;1H4. The minimum Gasteiger partial charge on any atom is -0.0776 e. The maximum absolute atomic E-state index is 1.50. The number of rotatable bonds is 0. The van der Waals surface area contributed by atoms with Gasteiger partial charge in [-0.1, -0.05) is 200 Å². The summed E-state index contributed by atoms with van der Waals surface area (Å²) in [6.45, 7) is 0. The maximum Gasteiger partial charge on any atom is -0.0533 e. The minimum atomic E-state index is 0. The summed E-state index contributed by atoms with van der Waals surface area (Å²) in [7, 11) is 0. The van der Waals surface area contributed by atoms with Crippen LogP contribution in [0.5, 0.6) is 0 Å². The van der Waals surface area contributed by atoms with Crippen molar-refractivity contribution < 1.29 is 0 Å². The van der Waals surface area contributed by atoms with Crippen LogP contribution in [-0.4, -0.2) is 0 Å². The molecule has 0 nitrogen and oxygen atoms in total. The van der Waals surface area contributed by atoms with Gasteiger partial charge in [0.15, 0.2) is 0 Å². The Morgan fingerprint density at radius 2 is 0.129 bits per heavy atom. The van der Waals surface area contributed by atoms with Crippen molar-refractivity contribution in [2.75, 3.05) is 0 Å². The molecule has 0 unspecified atom stereocenters. The minimum absolute atomic E-state index is 0. The van der Waals surface area contributed by atoms with Crippen molar-refractivity contribution in [2.45, 2.75) is 200 Å². The fraction of sp³-hybridized carbons (Fsp3) is 1.00. The van der Waals surface area contributed by atoms with Crippen molar-refractivity contribution in [1.29, 1.82) is 0 Å². The van der Waals surface area contributed by atoms with Crippen molar-refractivity contribution >= 4 is 0 Å². The van der Waals surface area contributed by atoms with Crippen LogP contribution in [-0.2, 0) is 0 Å². The van der Waals surface area contributed by atoms with Crippen molar-refractivity contribution in [3.63, 3.8) is 0 Å². The van der Waals surface area contributed by atoms with Crippen LogP contribution in [0, 0.1) is 0 Å². The largest absolute Gasteiger partial charge is 0.0776 e. The van der Waals surface area contributed by atoms with Gasteiger partial charge in [0.1, 0.15) is 0 Å². The lowest BCUT2D eigenvalue weighted by molar-refractivity contribution is 0.504. The van der Waals surface area contributed by atoms with Gasteiger partial charge in [-0.15, -0.1) is 0 Å². The molecule has 0 saturated heterocycles. The summed E-state index contributed by atoms with van der Waals surface area (Å²) in [6.07, 6.45) is 45.0. The molecule has 0 atom stereocenters. The highest BCUT2D eigenvalue weighted by Crippen LogP contribution is 2.17. The Hall–Kier alpha value is 0. The first-order chi connectivity index (χ1) is 15.0. The summed E-state index contributed by atoms with van der Waals surface area (Å²) < 4.78 is 0. The van der Waals surface area contributed by atoms with Gasteiger partial charge in [-0.2, -0.15) is 0 Å². The average molecular weight is 437 g/mol. The molecule has 0 N–H and O–H groups in total. The van der Waals surface area contributed by atoms with Crippen molar-refractivity contribution in [1.82, 2.24) is 0 Å². The molecule has 0 radical (unpaired) electrons. The van der Waals surface area contributed by atoms with E-state index in [-0.39, 0.29) is 7.43 Å². The molecule has 0 amide bonds. The lowest BCUT2D eigenvalue weighted by Gasteiger charge is -2.05. The van der Waals surface area contributed by atoms with E-state index in [1.807, 2.05) is 0 Å². The lowest BCUT2D eigenvalue weighted by Crippen LogP contribution is -1.85. The second-order valence-electron chi connectivity index (χ2n) is 10.6. The Morgan fingerprint density at radius 3 is 0.161 bits per heavy atom. The molecule has 31 heavy (non-hydrogen) atoms. The molecular weight excluding hydrogens is 372 g/mol. The summed E-state index contributed by atoms with van der Waals surface area (Å²) in [5.41, 5.74) is 0. The summed E-state index contributed by atoms with van der Waals surface area (Å²) in [5.74, 6) is 0. The highest BCUT2D eigenvalue weighted by molar-refractivity contribution is 4.53. The number of hydrogen-bond acceptors (Lipinski definition) is 0. The molecule has 3 rings (SSSR count). The topological polar surface area (TPSA) is 0 Å². The summed E-state index contributed by atoms with van der Waals surface area (Å²) in [6, 6.07) is 0. The van der Waals surface area contributed by atoms with E-state index in [9.17, 15) is 0 Å². The Bertz CT molecular complexity index is 147.